The lowest BCUT2D eigenvalue weighted by Crippen LogP contribution is -2.55. The molecule has 0 N–H and O–H groups in total. The van der Waals surface area contributed by atoms with Crippen molar-refractivity contribution in [3.05, 3.63) is 11.6 Å². The molecule has 0 saturated heterocycles. The second kappa shape index (κ2) is 6.68. The number of carbonyl (C=O) groups is 2. The first-order chi connectivity index (χ1) is 11.6. The number of hydrogen-bond donors (Lipinski definition) is 0. The highest BCUT2D eigenvalue weighted by atomic mass is 35.5. The summed E-state index contributed by atoms with van der Waals surface area (Å²) in [4.78, 5) is 24.4. The normalized spacial score (nSPS) is 43.9. The van der Waals surface area contributed by atoms with Gasteiger partial charge in [-0.1, -0.05) is 45.8 Å². The Morgan fingerprint density at radius 1 is 1.16 bits per heavy atom. The number of carbonyl (C=O) groups excluding carboxylic acids is 2. The quantitative estimate of drug-likeness (QED) is 0.444. The van der Waals surface area contributed by atoms with E-state index in [-0.39, 0.29) is 21.8 Å². The SMILES string of the molecule is CC(C)C1=CC2CCC3C(C)(C(=O)Cl)CCCC3(C)C2CC1C(=O)Cl. The van der Waals surface area contributed by atoms with Crippen molar-refractivity contribution in [3.8, 4) is 0 Å². The van der Waals surface area contributed by atoms with Gasteiger partial charge in [-0.25, -0.2) is 0 Å². The topological polar surface area (TPSA) is 34.1 Å². The molecule has 0 spiro atoms. The van der Waals surface area contributed by atoms with Crippen molar-refractivity contribution in [1.82, 2.24) is 0 Å². The minimum absolute atomic E-state index is 0.0596. The van der Waals surface area contributed by atoms with Crippen LogP contribution >= 0.6 is 23.2 Å². The Morgan fingerprint density at radius 3 is 2.40 bits per heavy atom. The fraction of sp³-hybridized carbons (Fsp3) is 0.810. The summed E-state index contributed by atoms with van der Waals surface area (Å²) < 4.78 is 0. The maximum atomic E-state index is 12.3. The van der Waals surface area contributed by atoms with Gasteiger partial charge in [-0.2, -0.15) is 0 Å². The van der Waals surface area contributed by atoms with E-state index in [1.165, 1.54) is 5.57 Å². The summed E-state index contributed by atoms with van der Waals surface area (Å²) >= 11 is 12.1. The van der Waals surface area contributed by atoms with Crippen LogP contribution in [0.25, 0.3) is 0 Å². The number of fused-ring (bicyclic) bond motifs is 3. The molecule has 6 unspecified atom stereocenters. The molecule has 0 radical (unpaired) electrons. The molecule has 3 rings (SSSR count). The number of rotatable bonds is 3. The van der Waals surface area contributed by atoms with Gasteiger partial charge in [0.15, 0.2) is 0 Å². The number of allylic oxidation sites excluding steroid dienone is 2. The third kappa shape index (κ3) is 3.02. The average molecular weight is 385 g/mol. The van der Waals surface area contributed by atoms with Gasteiger partial charge in [0.25, 0.3) is 0 Å². The summed E-state index contributed by atoms with van der Waals surface area (Å²) in [5.74, 6) is 1.40. The second-order valence-corrected chi connectivity index (χ2v) is 10.1. The molecule has 0 amide bonds. The van der Waals surface area contributed by atoms with Gasteiger partial charge >= 0.3 is 0 Å². The molecule has 2 fully saturated rings. The third-order valence-electron chi connectivity index (χ3n) is 7.82. The number of hydrogen-bond acceptors (Lipinski definition) is 2. The maximum absolute atomic E-state index is 12.3. The Balaban J connectivity index is 2.00. The van der Waals surface area contributed by atoms with Gasteiger partial charge in [0.2, 0.25) is 10.5 Å². The van der Waals surface area contributed by atoms with E-state index in [4.69, 9.17) is 23.2 Å². The lowest BCUT2D eigenvalue weighted by molar-refractivity contribution is -0.143. The van der Waals surface area contributed by atoms with E-state index in [1.54, 1.807) is 0 Å². The largest absolute Gasteiger partial charge is 0.281 e. The minimum atomic E-state index is -0.429. The summed E-state index contributed by atoms with van der Waals surface area (Å²) in [7, 11) is 0. The zero-order valence-electron chi connectivity index (χ0n) is 15.8. The van der Waals surface area contributed by atoms with E-state index in [2.05, 4.69) is 33.8 Å². The summed E-state index contributed by atoms with van der Waals surface area (Å²) in [6, 6.07) is 0. The van der Waals surface area contributed by atoms with Gasteiger partial charge in [0.1, 0.15) is 0 Å². The minimum Gasteiger partial charge on any atom is -0.281 e. The average Bonchev–Trinajstić information content (AvgIpc) is 2.53. The summed E-state index contributed by atoms with van der Waals surface area (Å²) in [6.07, 6.45) is 8.37. The van der Waals surface area contributed by atoms with Crippen LogP contribution in [0.1, 0.15) is 66.2 Å². The van der Waals surface area contributed by atoms with Crippen molar-refractivity contribution in [2.45, 2.75) is 66.2 Å². The highest BCUT2D eigenvalue weighted by Crippen LogP contribution is 2.64. The van der Waals surface area contributed by atoms with Gasteiger partial charge < -0.3 is 0 Å². The molecule has 0 heterocycles. The van der Waals surface area contributed by atoms with Crippen LogP contribution in [0.15, 0.2) is 11.6 Å². The molecule has 3 aliphatic rings. The standard InChI is InChI=1S/C21H30Cl2O2/c1-12(2)14-10-13-6-7-17-20(3,16(13)11-15(14)18(22)24)8-5-9-21(17,4)19(23)25/h10,12-13,15-17H,5-9,11H2,1-4H3. The summed E-state index contributed by atoms with van der Waals surface area (Å²) in [6.45, 7) is 8.70. The Morgan fingerprint density at radius 2 is 1.84 bits per heavy atom. The summed E-state index contributed by atoms with van der Waals surface area (Å²) in [5.41, 5.74) is 0.849. The van der Waals surface area contributed by atoms with Crippen LogP contribution in [0.5, 0.6) is 0 Å². The fourth-order valence-electron chi connectivity index (χ4n) is 6.50. The summed E-state index contributed by atoms with van der Waals surface area (Å²) in [5, 5.41) is -0.405. The molecule has 0 aromatic rings. The van der Waals surface area contributed by atoms with Gasteiger partial charge in [-0.05, 0) is 84.4 Å². The van der Waals surface area contributed by atoms with Gasteiger partial charge in [0, 0.05) is 5.41 Å². The molecule has 0 aliphatic heterocycles. The van der Waals surface area contributed by atoms with Crippen LogP contribution in [0.3, 0.4) is 0 Å². The first kappa shape index (κ1) is 19.4. The van der Waals surface area contributed by atoms with Gasteiger partial charge in [0.05, 0.1) is 5.92 Å². The van der Waals surface area contributed by atoms with Crippen molar-refractivity contribution in [3.63, 3.8) is 0 Å². The van der Waals surface area contributed by atoms with Crippen LogP contribution in [0.4, 0.5) is 0 Å². The molecule has 25 heavy (non-hydrogen) atoms. The molecular weight excluding hydrogens is 355 g/mol. The maximum Gasteiger partial charge on any atom is 0.228 e. The van der Waals surface area contributed by atoms with Crippen molar-refractivity contribution in [2.75, 3.05) is 0 Å². The Hall–Kier alpha value is -0.340. The van der Waals surface area contributed by atoms with Gasteiger partial charge in [-0.3, -0.25) is 9.59 Å². The Kier molecular flexibility index (Phi) is 5.19. The highest BCUT2D eigenvalue weighted by molar-refractivity contribution is 6.64. The third-order valence-corrected chi connectivity index (χ3v) is 8.51. The van der Waals surface area contributed by atoms with Crippen LogP contribution in [-0.4, -0.2) is 10.5 Å². The van der Waals surface area contributed by atoms with Crippen molar-refractivity contribution in [2.24, 2.45) is 40.4 Å². The lowest BCUT2D eigenvalue weighted by Gasteiger charge is -2.60. The Bertz CT molecular complexity index is 611. The molecule has 2 nitrogen and oxygen atoms in total. The van der Waals surface area contributed by atoms with Crippen molar-refractivity contribution in [1.29, 1.82) is 0 Å². The van der Waals surface area contributed by atoms with E-state index in [0.29, 0.717) is 23.7 Å². The molecule has 0 aromatic carbocycles. The van der Waals surface area contributed by atoms with E-state index in [1.807, 2.05) is 0 Å². The van der Waals surface area contributed by atoms with Crippen molar-refractivity contribution >= 4 is 33.7 Å². The first-order valence-electron chi connectivity index (χ1n) is 9.72. The highest BCUT2D eigenvalue weighted by Gasteiger charge is 2.59. The van der Waals surface area contributed by atoms with Gasteiger partial charge in [-0.15, -0.1) is 0 Å². The van der Waals surface area contributed by atoms with Crippen LogP contribution < -0.4 is 0 Å². The van der Waals surface area contributed by atoms with Crippen LogP contribution in [0, 0.1) is 40.4 Å². The molecule has 0 bridgehead atoms. The smallest absolute Gasteiger partial charge is 0.228 e. The first-order valence-corrected chi connectivity index (χ1v) is 10.5. The lowest BCUT2D eigenvalue weighted by atomic mass is 9.44. The van der Waals surface area contributed by atoms with E-state index in [9.17, 15) is 9.59 Å². The van der Waals surface area contributed by atoms with E-state index in [0.717, 1.165) is 38.5 Å². The zero-order chi connectivity index (χ0) is 18.6. The predicted octanol–water partition coefficient (Wildman–Crippen LogP) is 5.96. The molecule has 6 atom stereocenters. The van der Waals surface area contributed by atoms with Crippen LogP contribution in [-0.2, 0) is 9.59 Å². The molecular formula is C21H30Cl2O2. The number of halogens is 2. The monoisotopic (exact) mass is 384 g/mol. The molecule has 4 heteroatoms. The predicted molar refractivity (Wildman–Crippen MR) is 103 cm³/mol. The van der Waals surface area contributed by atoms with Crippen LogP contribution in [0.2, 0.25) is 0 Å². The molecule has 2 saturated carbocycles. The molecule has 0 aromatic heterocycles. The van der Waals surface area contributed by atoms with Crippen molar-refractivity contribution < 1.29 is 9.59 Å². The Labute approximate surface area is 161 Å². The molecule has 140 valence electrons. The van der Waals surface area contributed by atoms with E-state index >= 15 is 0 Å². The van der Waals surface area contributed by atoms with E-state index < -0.39 is 5.41 Å². The molecule has 3 aliphatic carbocycles. The second-order valence-electron chi connectivity index (χ2n) is 9.36. The fourth-order valence-corrected chi connectivity index (χ4v) is 6.95. The zero-order valence-corrected chi connectivity index (χ0v) is 17.3.